The fraction of sp³-hybridized carbons (Fsp3) is 0.160. The fourth-order valence-electron chi connectivity index (χ4n) is 4.51. The van der Waals surface area contributed by atoms with Crippen LogP contribution in [-0.2, 0) is 20.0 Å². The van der Waals surface area contributed by atoms with Crippen molar-refractivity contribution in [2.75, 3.05) is 6.54 Å². The molecule has 6 rings (SSSR count). The highest BCUT2D eigenvalue weighted by molar-refractivity contribution is 5.98. The van der Waals surface area contributed by atoms with Crippen LogP contribution in [0.15, 0.2) is 73.3 Å². The Morgan fingerprint density at radius 2 is 1.94 bits per heavy atom. The average molecular weight is 435 g/mol. The molecule has 0 radical (unpaired) electrons. The lowest BCUT2D eigenvalue weighted by Crippen LogP contribution is -2.36. The minimum Gasteiger partial charge on any atom is -0.332 e. The van der Waals surface area contributed by atoms with Gasteiger partial charge in [0.15, 0.2) is 5.82 Å². The van der Waals surface area contributed by atoms with Crippen LogP contribution in [0.5, 0.6) is 0 Å². The van der Waals surface area contributed by atoms with Gasteiger partial charge in [0.05, 0.1) is 29.6 Å². The predicted molar refractivity (Wildman–Crippen MR) is 124 cm³/mol. The number of nitrogens with zero attached hydrogens (tertiary/aromatic N) is 7. The van der Waals surface area contributed by atoms with E-state index in [1.807, 2.05) is 77.6 Å². The fourth-order valence-corrected chi connectivity index (χ4v) is 4.51. The molecule has 1 aliphatic rings. The van der Waals surface area contributed by atoms with Gasteiger partial charge in [-0.25, -0.2) is 9.67 Å². The second-order valence-corrected chi connectivity index (χ2v) is 8.15. The van der Waals surface area contributed by atoms with E-state index in [4.69, 9.17) is 5.10 Å². The molecule has 0 spiro atoms. The molecule has 1 aliphatic heterocycles. The number of aryl methyl sites for hydroxylation is 1. The molecule has 8 heteroatoms. The molecule has 4 aromatic heterocycles. The molecule has 0 N–H and O–H groups in total. The van der Waals surface area contributed by atoms with E-state index in [1.54, 1.807) is 17.1 Å². The molecule has 1 amide bonds. The summed E-state index contributed by atoms with van der Waals surface area (Å²) in [5.74, 6) is 0.781. The SMILES string of the molecule is Cn1nc2c(c1-c1cnn(-c3ccccn3)c1)CCN(C(=O)c1ccc3ncccc3c1)C2. The summed E-state index contributed by atoms with van der Waals surface area (Å²) in [5.41, 5.74) is 5.68. The van der Waals surface area contributed by atoms with Gasteiger partial charge in [-0.05, 0) is 42.8 Å². The summed E-state index contributed by atoms with van der Waals surface area (Å²) in [6, 6.07) is 15.3. The quantitative estimate of drug-likeness (QED) is 0.434. The minimum atomic E-state index is 0.0153. The zero-order valence-electron chi connectivity index (χ0n) is 18.1. The number of carbonyl (C=O) groups excluding carboxylic acids is 1. The van der Waals surface area contributed by atoms with Crippen molar-refractivity contribution in [2.45, 2.75) is 13.0 Å². The van der Waals surface area contributed by atoms with Crippen LogP contribution in [0.25, 0.3) is 28.0 Å². The first kappa shape index (κ1) is 19.4. The third-order valence-electron chi connectivity index (χ3n) is 6.08. The van der Waals surface area contributed by atoms with Crippen LogP contribution in [0.1, 0.15) is 21.6 Å². The lowest BCUT2D eigenvalue weighted by atomic mass is 10.0. The molecule has 0 saturated carbocycles. The van der Waals surface area contributed by atoms with Gasteiger partial charge in [0.2, 0.25) is 0 Å². The van der Waals surface area contributed by atoms with Gasteiger partial charge in [-0.1, -0.05) is 12.1 Å². The second kappa shape index (κ2) is 7.67. The molecule has 162 valence electrons. The van der Waals surface area contributed by atoms with Crippen LogP contribution in [0.4, 0.5) is 0 Å². The van der Waals surface area contributed by atoms with Crippen LogP contribution >= 0.6 is 0 Å². The highest BCUT2D eigenvalue weighted by atomic mass is 16.2. The summed E-state index contributed by atoms with van der Waals surface area (Å²) >= 11 is 0. The zero-order chi connectivity index (χ0) is 22.4. The third-order valence-corrected chi connectivity index (χ3v) is 6.08. The van der Waals surface area contributed by atoms with E-state index in [-0.39, 0.29) is 5.91 Å². The van der Waals surface area contributed by atoms with Crippen molar-refractivity contribution in [1.82, 2.24) is 34.4 Å². The number of carbonyl (C=O) groups is 1. The number of hydrogen-bond acceptors (Lipinski definition) is 5. The summed E-state index contributed by atoms with van der Waals surface area (Å²) in [6.07, 6.45) is 8.07. The first-order valence-electron chi connectivity index (χ1n) is 10.8. The lowest BCUT2D eigenvalue weighted by Gasteiger charge is -2.26. The molecule has 0 aliphatic carbocycles. The van der Waals surface area contributed by atoms with Crippen molar-refractivity contribution in [2.24, 2.45) is 7.05 Å². The largest absolute Gasteiger partial charge is 0.332 e. The van der Waals surface area contributed by atoms with E-state index < -0.39 is 0 Å². The number of pyridine rings is 2. The van der Waals surface area contributed by atoms with E-state index in [0.717, 1.165) is 40.1 Å². The molecular formula is C25H21N7O. The summed E-state index contributed by atoms with van der Waals surface area (Å²) in [5, 5.41) is 10.2. The molecule has 0 atom stereocenters. The molecule has 8 nitrogen and oxygen atoms in total. The Hall–Kier alpha value is -4.33. The Bertz CT molecular complexity index is 1490. The molecule has 5 aromatic rings. The van der Waals surface area contributed by atoms with Crippen molar-refractivity contribution in [3.63, 3.8) is 0 Å². The van der Waals surface area contributed by atoms with Gasteiger partial charge in [0.25, 0.3) is 5.91 Å². The zero-order valence-corrected chi connectivity index (χ0v) is 18.1. The second-order valence-electron chi connectivity index (χ2n) is 8.15. The Kier molecular flexibility index (Phi) is 4.50. The third kappa shape index (κ3) is 3.36. The maximum atomic E-state index is 13.2. The molecule has 0 bridgehead atoms. The van der Waals surface area contributed by atoms with E-state index in [0.29, 0.717) is 18.7 Å². The molecule has 0 saturated heterocycles. The van der Waals surface area contributed by atoms with Crippen molar-refractivity contribution in [3.8, 4) is 17.1 Å². The first-order chi connectivity index (χ1) is 16.2. The maximum Gasteiger partial charge on any atom is 0.254 e. The van der Waals surface area contributed by atoms with Crippen molar-refractivity contribution in [3.05, 3.63) is 90.1 Å². The molecule has 0 fully saturated rings. The molecular weight excluding hydrogens is 414 g/mol. The van der Waals surface area contributed by atoms with Gasteiger partial charge >= 0.3 is 0 Å². The summed E-state index contributed by atoms with van der Waals surface area (Å²) in [7, 11) is 1.94. The smallest absolute Gasteiger partial charge is 0.254 e. The molecule has 5 heterocycles. The topological polar surface area (TPSA) is 81.7 Å². The van der Waals surface area contributed by atoms with Crippen LogP contribution in [-0.4, -0.2) is 46.9 Å². The van der Waals surface area contributed by atoms with Gasteiger partial charge in [-0.15, -0.1) is 0 Å². The van der Waals surface area contributed by atoms with E-state index >= 15 is 0 Å². The highest BCUT2D eigenvalue weighted by Crippen LogP contribution is 2.30. The standard InChI is InChI=1S/C25H21N7O/c1-30-24(19-14-28-32(15-19)23-6-2-3-10-27-23)20-9-12-31(16-22(20)29-30)25(33)18-7-8-21-17(13-18)5-4-11-26-21/h2-8,10-11,13-15H,9,12,16H2,1H3. The summed E-state index contributed by atoms with van der Waals surface area (Å²) in [6.45, 7) is 1.13. The predicted octanol–water partition coefficient (Wildman–Crippen LogP) is 3.41. The normalized spacial score (nSPS) is 13.3. The van der Waals surface area contributed by atoms with Gasteiger partial charge in [0.1, 0.15) is 0 Å². The van der Waals surface area contributed by atoms with Crippen LogP contribution in [0.2, 0.25) is 0 Å². The van der Waals surface area contributed by atoms with Crippen molar-refractivity contribution < 1.29 is 4.79 Å². The molecule has 1 aromatic carbocycles. The Balaban J connectivity index is 1.28. The van der Waals surface area contributed by atoms with Gasteiger partial charge in [0, 0.05) is 54.3 Å². The molecule has 0 unspecified atom stereocenters. The first-order valence-corrected chi connectivity index (χ1v) is 10.8. The number of benzene rings is 1. The van der Waals surface area contributed by atoms with Gasteiger partial charge < -0.3 is 4.90 Å². The van der Waals surface area contributed by atoms with Crippen molar-refractivity contribution in [1.29, 1.82) is 0 Å². The van der Waals surface area contributed by atoms with Gasteiger partial charge in [-0.2, -0.15) is 10.2 Å². The number of fused-ring (bicyclic) bond motifs is 2. The number of rotatable bonds is 3. The van der Waals surface area contributed by atoms with Gasteiger partial charge in [-0.3, -0.25) is 14.5 Å². The minimum absolute atomic E-state index is 0.0153. The average Bonchev–Trinajstić information content (AvgIpc) is 3.47. The Morgan fingerprint density at radius 1 is 1.03 bits per heavy atom. The number of hydrogen-bond donors (Lipinski definition) is 0. The summed E-state index contributed by atoms with van der Waals surface area (Å²) in [4.78, 5) is 23.8. The monoisotopic (exact) mass is 435 g/mol. The highest BCUT2D eigenvalue weighted by Gasteiger charge is 2.28. The van der Waals surface area contributed by atoms with E-state index in [2.05, 4.69) is 15.1 Å². The lowest BCUT2D eigenvalue weighted by molar-refractivity contribution is 0.0732. The van der Waals surface area contributed by atoms with Crippen LogP contribution < -0.4 is 0 Å². The van der Waals surface area contributed by atoms with E-state index in [1.165, 1.54) is 5.56 Å². The van der Waals surface area contributed by atoms with E-state index in [9.17, 15) is 4.79 Å². The van der Waals surface area contributed by atoms with Crippen LogP contribution in [0.3, 0.4) is 0 Å². The summed E-state index contributed by atoms with van der Waals surface area (Å²) < 4.78 is 3.65. The molecule has 33 heavy (non-hydrogen) atoms. The number of aromatic nitrogens is 6. The Morgan fingerprint density at radius 3 is 2.82 bits per heavy atom. The van der Waals surface area contributed by atoms with Crippen LogP contribution in [0, 0.1) is 0 Å². The Labute approximate surface area is 190 Å². The number of amides is 1. The van der Waals surface area contributed by atoms with Crippen molar-refractivity contribution >= 4 is 16.8 Å². The maximum absolute atomic E-state index is 13.2.